The van der Waals surface area contributed by atoms with Crippen LogP contribution in [-0.4, -0.2) is 37.6 Å². The fourth-order valence-corrected chi connectivity index (χ4v) is 3.51. The van der Waals surface area contributed by atoms with E-state index in [1.165, 1.54) is 38.0 Å². The van der Waals surface area contributed by atoms with Crippen molar-refractivity contribution in [2.24, 2.45) is 5.41 Å². The van der Waals surface area contributed by atoms with E-state index in [9.17, 15) is 0 Å². The van der Waals surface area contributed by atoms with E-state index in [1.807, 2.05) is 0 Å². The van der Waals surface area contributed by atoms with E-state index < -0.39 is 0 Å². The lowest BCUT2D eigenvalue weighted by atomic mass is 9.77. The van der Waals surface area contributed by atoms with Crippen LogP contribution in [0.1, 0.15) is 12.0 Å². The van der Waals surface area contributed by atoms with Gasteiger partial charge in [-0.2, -0.15) is 0 Å². The Bertz CT molecular complexity index is 362. The lowest BCUT2D eigenvalue weighted by Gasteiger charge is -2.37. The topological polar surface area (TPSA) is 15.3 Å². The van der Waals surface area contributed by atoms with Gasteiger partial charge in [0.1, 0.15) is 0 Å². The van der Waals surface area contributed by atoms with Crippen molar-refractivity contribution in [3.05, 3.63) is 35.9 Å². The molecule has 1 aromatic rings. The third-order valence-electron chi connectivity index (χ3n) is 4.00. The Morgan fingerprint density at radius 1 is 1.38 bits per heavy atom. The zero-order valence-electron chi connectivity index (χ0n) is 9.95. The fraction of sp³-hybridized carbons (Fsp3) is 0.571. The second kappa shape index (κ2) is 3.86. The number of fused-ring (bicyclic) bond motifs is 2. The molecule has 86 valence electrons. The number of nitrogens with one attached hydrogen (secondary N) is 1. The van der Waals surface area contributed by atoms with Crippen molar-refractivity contribution >= 4 is 0 Å². The Balaban J connectivity index is 1.79. The number of nitrogens with zero attached hydrogens (tertiary/aromatic N) is 1. The van der Waals surface area contributed by atoms with Crippen molar-refractivity contribution < 1.29 is 0 Å². The molecule has 0 spiro atoms. The highest BCUT2D eigenvalue weighted by Gasteiger charge is 2.43. The van der Waals surface area contributed by atoms with Gasteiger partial charge in [-0.25, -0.2) is 0 Å². The lowest BCUT2D eigenvalue weighted by molar-refractivity contribution is 0.147. The summed E-state index contributed by atoms with van der Waals surface area (Å²) in [5.74, 6) is 0. The highest BCUT2D eigenvalue weighted by Crippen LogP contribution is 2.37. The summed E-state index contributed by atoms with van der Waals surface area (Å²) in [4.78, 5) is 2.48. The van der Waals surface area contributed by atoms with E-state index in [4.69, 9.17) is 0 Å². The third-order valence-corrected chi connectivity index (χ3v) is 4.00. The molecule has 2 fully saturated rings. The summed E-state index contributed by atoms with van der Waals surface area (Å²) < 4.78 is 0. The van der Waals surface area contributed by atoms with Crippen LogP contribution in [0.4, 0.5) is 0 Å². The first-order chi connectivity index (χ1) is 7.76. The van der Waals surface area contributed by atoms with Crippen molar-refractivity contribution in [3.8, 4) is 0 Å². The minimum atomic E-state index is 0.485. The maximum absolute atomic E-state index is 3.67. The number of rotatable bonds is 2. The first-order valence-electron chi connectivity index (χ1n) is 6.22. The molecule has 1 aromatic carbocycles. The minimum absolute atomic E-state index is 0.485. The standard InChI is InChI=1S/C14H20N2/c1-16-9-13-8-14(11-16,10-15-13)7-12-5-3-2-4-6-12/h2-6,13,15H,7-11H2,1H3. The molecule has 2 aliphatic rings. The normalized spacial score (nSPS) is 34.2. The first-order valence-corrected chi connectivity index (χ1v) is 6.22. The number of likely N-dealkylation sites (N-methyl/N-ethyl adjacent to an activating group) is 1. The molecular weight excluding hydrogens is 196 g/mol. The van der Waals surface area contributed by atoms with Gasteiger partial charge in [-0.15, -0.1) is 0 Å². The monoisotopic (exact) mass is 216 g/mol. The van der Waals surface area contributed by atoms with Gasteiger partial charge in [0, 0.05) is 31.1 Å². The van der Waals surface area contributed by atoms with Crippen LogP contribution in [0.5, 0.6) is 0 Å². The maximum atomic E-state index is 3.67. The largest absolute Gasteiger partial charge is 0.312 e. The molecule has 0 aliphatic carbocycles. The molecule has 16 heavy (non-hydrogen) atoms. The van der Waals surface area contributed by atoms with Crippen LogP contribution in [0.3, 0.4) is 0 Å². The van der Waals surface area contributed by atoms with E-state index in [0.717, 1.165) is 6.04 Å². The summed E-state index contributed by atoms with van der Waals surface area (Å²) >= 11 is 0. The van der Waals surface area contributed by atoms with Crippen molar-refractivity contribution in [2.75, 3.05) is 26.7 Å². The van der Waals surface area contributed by atoms with Gasteiger partial charge < -0.3 is 10.2 Å². The Kier molecular flexibility index (Phi) is 2.49. The predicted octanol–water partition coefficient (Wildman–Crippen LogP) is 1.52. The molecular formula is C14H20N2. The fourth-order valence-electron chi connectivity index (χ4n) is 3.51. The summed E-state index contributed by atoms with van der Waals surface area (Å²) in [7, 11) is 2.25. The molecule has 0 radical (unpaired) electrons. The molecule has 3 rings (SSSR count). The highest BCUT2D eigenvalue weighted by atomic mass is 15.2. The van der Waals surface area contributed by atoms with Crippen LogP contribution in [0.2, 0.25) is 0 Å². The number of likely N-dealkylation sites (tertiary alicyclic amines) is 1. The molecule has 2 atom stereocenters. The van der Waals surface area contributed by atoms with Crippen LogP contribution in [0.25, 0.3) is 0 Å². The van der Waals surface area contributed by atoms with Gasteiger partial charge in [0.25, 0.3) is 0 Å². The number of benzene rings is 1. The average molecular weight is 216 g/mol. The zero-order valence-corrected chi connectivity index (χ0v) is 9.95. The van der Waals surface area contributed by atoms with E-state index in [2.05, 4.69) is 47.6 Å². The first kappa shape index (κ1) is 10.3. The molecule has 0 aromatic heterocycles. The van der Waals surface area contributed by atoms with E-state index in [-0.39, 0.29) is 0 Å². The van der Waals surface area contributed by atoms with Gasteiger partial charge in [0.15, 0.2) is 0 Å². The van der Waals surface area contributed by atoms with Gasteiger partial charge in [0.05, 0.1) is 0 Å². The molecule has 2 aliphatic heterocycles. The SMILES string of the molecule is CN1CC2CC(Cc3ccccc3)(CN2)C1. The van der Waals surface area contributed by atoms with E-state index >= 15 is 0 Å². The van der Waals surface area contributed by atoms with Gasteiger partial charge in [-0.3, -0.25) is 0 Å². The molecule has 1 N–H and O–H groups in total. The molecule has 2 bridgehead atoms. The Morgan fingerprint density at radius 2 is 2.19 bits per heavy atom. The minimum Gasteiger partial charge on any atom is -0.312 e. The summed E-state index contributed by atoms with van der Waals surface area (Å²) in [6.07, 6.45) is 2.58. The van der Waals surface area contributed by atoms with E-state index in [1.54, 1.807) is 0 Å². The Morgan fingerprint density at radius 3 is 3.00 bits per heavy atom. The molecule has 2 unspecified atom stereocenters. The average Bonchev–Trinajstić information content (AvgIpc) is 2.55. The van der Waals surface area contributed by atoms with Gasteiger partial charge in [0.2, 0.25) is 0 Å². The quantitative estimate of drug-likeness (QED) is 0.806. The van der Waals surface area contributed by atoms with Crippen LogP contribution in [0, 0.1) is 5.41 Å². The summed E-state index contributed by atoms with van der Waals surface area (Å²) in [5.41, 5.74) is 1.97. The lowest BCUT2D eigenvalue weighted by Crippen LogP contribution is -2.44. The summed E-state index contributed by atoms with van der Waals surface area (Å²) in [6, 6.07) is 11.6. The molecule has 0 amide bonds. The zero-order chi connectivity index (χ0) is 11.0. The van der Waals surface area contributed by atoms with Crippen LogP contribution < -0.4 is 5.32 Å². The summed E-state index contributed by atoms with van der Waals surface area (Å²) in [6.45, 7) is 3.65. The van der Waals surface area contributed by atoms with Crippen molar-refractivity contribution in [2.45, 2.75) is 18.9 Å². The maximum Gasteiger partial charge on any atom is 0.0201 e. The molecule has 2 heterocycles. The summed E-state index contributed by atoms with van der Waals surface area (Å²) in [5, 5.41) is 3.67. The number of piperidine rings is 1. The number of hydrogen-bond donors (Lipinski definition) is 1. The molecule has 2 nitrogen and oxygen atoms in total. The third kappa shape index (κ3) is 1.87. The second-order valence-electron chi connectivity index (χ2n) is 5.64. The Labute approximate surface area is 97.6 Å². The van der Waals surface area contributed by atoms with Crippen molar-refractivity contribution in [1.82, 2.24) is 10.2 Å². The molecule has 2 heteroatoms. The van der Waals surface area contributed by atoms with Crippen LogP contribution >= 0.6 is 0 Å². The predicted molar refractivity (Wildman–Crippen MR) is 66.5 cm³/mol. The van der Waals surface area contributed by atoms with Crippen LogP contribution in [-0.2, 0) is 6.42 Å². The Hall–Kier alpha value is -0.860. The van der Waals surface area contributed by atoms with Gasteiger partial charge >= 0.3 is 0 Å². The molecule has 0 saturated carbocycles. The second-order valence-corrected chi connectivity index (χ2v) is 5.64. The smallest absolute Gasteiger partial charge is 0.0201 e. The highest BCUT2D eigenvalue weighted by molar-refractivity contribution is 5.18. The number of hydrogen-bond acceptors (Lipinski definition) is 2. The van der Waals surface area contributed by atoms with Crippen LogP contribution in [0.15, 0.2) is 30.3 Å². The van der Waals surface area contributed by atoms with Gasteiger partial charge in [-0.05, 0) is 25.5 Å². The molecule has 2 saturated heterocycles. The van der Waals surface area contributed by atoms with Crippen molar-refractivity contribution in [1.29, 1.82) is 0 Å². The van der Waals surface area contributed by atoms with E-state index in [0.29, 0.717) is 5.41 Å². The van der Waals surface area contributed by atoms with Crippen molar-refractivity contribution in [3.63, 3.8) is 0 Å². The van der Waals surface area contributed by atoms with Gasteiger partial charge in [-0.1, -0.05) is 30.3 Å².